The van der Waals surface area contributed by atoms with Crippen LogP contribution in [-0.2, 0) is 0 Å². The second kappa shape index (κ2) is 14.2. The minimum Gasteiger partial charge on any atom is -0.0622 e. The maximum atomic E-state index is 2.47. The molecule has 11 rings (SSSR count). The van der Waals surface area contributed by atoms with E-state index in [2.05, 4.69) is 231 Å². The zero-order valence-electron chi connectivity index (χ0n) is 31.9. The van der Waals surface area contributed by atoms with E-state index in [0.29, 0.717) is 0 Å². The lowest BCUT2D eigenvalue weighted by molar-refractivity contribution is 1.57. The maximum absolute atomic E-state index is 2.47. The predicted molar refractivity (Wildman–Crippen MR) is 249 cm³/mol. The highest BCUT2D eigenvalue weighted by Crippen LogP contribution is 2.48. The summed E-state index contributed by atoms with van der Waals surface area (Å²) in [7, 11) is 0. The number of fused-ring (bicyclic) bond motifs is 4. The molecule has 11 aromatic carbocycles. The third-order valence-corrected chi connectivity index (χ3v) is 11.9. The third-order valence-electron chi connectivity index (χ3n) is 11.9. The fourth-order valence-corrected chi connectivity index (χ4v) is 9.33. The molecule has 0 aromatic heterocycles. The maximum Gasteiger partial charge on any atom is -0.00201 e. The molecule has 0 atom stereocenters. The highest BCUT2D eigenvalue weighted by Gasteiger charge is 2.21. The second-order valence-electron chi connectivity index (χ2n) is 15.1. The molecule has 0 spiro atoms. The lowest BCUT2D eigenvalue weighted by atomic mass is 9.82. The van der Waals surface area contributed by atoms with Gasteiger partial charge in [-0.2, -0.15) is 0 Å². The second-order valence-corrected chi connectivity index (χ2v) is 15.1. The van der Waals surface area contributed by atoms with Gasteiger partial charge in [0, 0.05) is 0 Å². The summed E-state index contributed by atoms with van der Waals surface area (Å²) in [5, 5.41) is 9.95. The molecular formula is C58H38. The summed E-state index contributed by atoms with van der Waals surface area (Å²) >= 11 is 0. The van der Waals surface area contributed by atoms with E-state index in [4.69, 9.17) is 0 Å². The molecule has 0 unspecified atom stereocenters. The molecule has 0 heterocycles. The molecular weight excluding hydrogens is 697 g/mol. The van der Waals surface area contributed by atoms with Crippen LogP contribution < -0.4 is 0 Å². The van der Waals surface area contributed by atoms with Crippen molar-refractivity contribution in [3.63, 3.8) is 0 Å². The zero-order chi connectivity index (χ0) is 38.4. The standard InChI is InChI=1S/C58H38/c1-3-18-39(19-4-1)44-25-9-10-26-46(44)48-27-11-12-28-49(48)58-54(47-33-17-23-40-20-7-8-24-45(40)47)37-36-41-34-35-43(38-55(41)58)57-52-31-15-13-29-50(52)56(42-21-5-2-6-22-42)51-30-14-16-32-53(51)57/h1-38H. The van der Waals surface area contributed by atoms with Crippen LogP contribution in [0, 0.1) is 0 Å². The van der Waals surface area contributed by atoms with Gasteiger partial charge in [0.05, 0.1) is 0 Å². The fourth-order valence-electron chi connectivity index (χ4n) is 9.33. The van der Waals surface area contributed by atoms with E-state index < -0.39 is 0 Å². The SMILES string of the molecule is c1ccc(-c2ccccc2-c2ccccc2-c2c(-c3cccc4ccccc34)ccc3ccc(-c4c5ccccc5c(-c5ccccc5)c5ccccc45)cc23)cc1. The van der Waals surface area contributed by atoms with Gasteiger partial charge in [-0.05, 0) is 116 Å². The number of hydrogen-bond acceptors (Lipinski definition) is 0. The van der Waals surface area contributed by atoms with Crippen LogP contribution >= 0.6 is 0 Å². The van der Waals surface area contributed by atoms with Crippen molar-refractivity contribution in [2.75, 3.05) is 0 Å². The Morgan fingerprint density at radius 3 is 1.26 bits per heavy atom. The van der Waals surface area contributed by atoms with Gasteiger partial charge in [-0.3, -0.25) is 0 Å². The molecule has 0 saturated heterocycles. The van der Waals surface area contributed by atoms with Crippen LogP contribution in [0.1, 0.15) is 0 Å². The van der Waals surface area contributed by atoms with E-state index >= 15 is 0 Å². The molecule has 0 fully saturated rings. The Morgan fingerprint density at radius 1 is 0.172 bits per heavy atom. The number of benzene rings is 11. The van der Waals surface area contributed by atoms with Gasteiger partial charge in [-0.25, -0.2) is 0 Å². The van der Waals surface area contributed by atoms with Crippen molar-refractivity contribution in [2.24, 2.45) is 0 Å². The minimum absolute atomic E-state index is 1.21. The molecule has 0 radical (unpaired) electrons. The molecule has 0 nitrogen and oxygen atoms in total. The fraction of sp³-hybridized carbons (Fsp3) is 0. The highest BCUT2D eigenvalue weighted by molar-refractivity contribution is 6.22. The minimum atomic E-state index is 1.21. The summed E-state index contributed by atoms with van der Waals surface area (Å²) < 4.78 is 0. The lowest BCUT2D eigenvalue weighted by Crippen LogP contribution is -1.94. The Hall–Kier alpha value is -7.54. The van der Waals surface area contributed by atoms with E-state index in [1.807, 2.05) is 0 Å². The topological polar surface area (TPSA) is 0 Å². The molecule has 11 aromatic rings. The van der Waals surface area contributed by atoms with E-state index in [1.165, 1.54) is 110 Å². The van der Waals surface area contributed by atoms with Gasteiger partial charge in [0.15, 0.2) is 0 Å². The first-order valence-electron chi connectivity index (χ1n) is 20.1. The summed E-state index contributed by atoms with van der Waals surface area (Å²) in [6.45, 7) is 0. The van der Waals surface area contributed by atoms with Crippen molar-refractivity contribution in [1.82, 2.24) is 0 Å². The molecule has 0 aliphatic carbocycles. The van der Waals surface area contributed by atoms with Crippen molar-refractivity contribution < 1.29 is 0 Å². The van der Waals surface area contributed by atoms with E-state index in [9.17, 15) is 0 Å². The van der Waals surface area contributed by atoms with Gasteiger partial charge >= 0.3 is 0 Å². The normalized spacial score (nSPS) is 11.4. The van der Waals surface area contributed by atoms with Crippen LogP contribution in [-0.4, -0.2) is 0 Å². The summed E-state index contributed by atoms with van der Waals surface area (Å²) in [6, 6.07) is 84.6. The average molecular weight is 735 g/mol. The van der Waals surface area contributed by atoms with Crippen LogP contribution in [0.3, 0.4) is 0 Å². The zero-order valence-corrected chi connectivity index (χ0v) is 31.9. The Balaban J connectivity index is 1.25. The Bertz CT molecular complexity index is 3260. The van der Waals surface area contributed by atoms with Gasteiger partial charge < -0.3 is 0 Å². The van der Waals surface area contributed by atoms with Crippen molar-refractivity contribution in [1.29, 1.82) is 0 Å². The predicted octanol–water partition coefficient (Wildman–Crippen LogP) is 16.3. The smallest absolute Gasteiger partial charge is 0.00201 e. The Morgan fingerprint density at radius 2 is 0.603 bits per heavy atom. The molecule has 0 heteroatoms. The van der Waals surface area contributed by atoms with Crippen molar-refractivity contribution in [3.05, 3.63) is 231 Å². The van der Waals surface area contributed by atoms with Gasteiger partial charge in [0.1, 0.15) is 0 Å². The quantitative estimate of drug-likeness (QED) is 0.149. The van der Waals surface area contributed by atoms with Gasteiger partial charge in [0.25, 0.3) is 0 Å². The van der Waals surface area contributed by atoms with Crippen molar-refractivity contribution in [3.8, 4) is 66.8 Å². The van der Waals surface area contributed by atoms with E-state index in [-0.39, 0.29) is 0 Å². The van der Waals surface area contributed by atoms with Crippen LogP contribution in [0.2, 0.25) is 0 Å². The molecule has 0 N–H and O–H groups in total. The molecule has 0 saturated carbocycles. The van der Waals surface area contributed by atoms with Crippen molar-refractivity contribution >= 4 is 43.1 Å². The van der Waals surface area contributed by atoms with Crippen LogP contribution in [0.5, 0.6) is 0 Å². The average Bonchev–Trinajstić information content (AvgIpc) is 3.30. The van der Waals surface area contributed by atoms with Crippen molar-refractivity contribution in [2.45, 2.75) is 0 Å². The number of rotatable bonds is 6. The van der Waals surface area contributed by atoms with E-state index in [0.717, 1.165) is 0 Å². The first-order chi connectivity index (χ1) is 28.8. The highest BCUT2D eigenvalue weighted by atomic mass is 14.2. The Labute approximate surface area is 339 Å². The number of hydrogen-bond donors (Lipinski definition) is 0. The molecule has 0 aliphatic heterocycles. The third kappa shape index (κ3) is 5.61. The van der Waals surface area contributed by atoms with Gasteiger partial charge in [-0.15, -0.1) is 0 Å². The summed E-state index contributed by atoms with van der Waals surface area (Å²) in [5.74, 6) is 0. The van der Waals surface area contributed by atoms with Gasteiger partial charge in [-0.1, -0.05) is 224 Å². The van der Waals surface area contributed by atoms with Crippen LogP contribution in [0.25, 0.3) is 110 Å². The summed E-state index contributed by atoms with van der Waals surface area (Å²) in [4.78, 5) is 0. The molecule has 58 heavy (non-hydrogen) atoms. The molecule has 270 valence electrons. The first-order valence-corrected chi connectivity index (χ1v) is 20.1. The van der Waals surface area contributed by atoms with E-state index in [1.54, 1.807) is 0 Å². The lowest BCUT2D eigenvalue weighted by Gasteiger charge is -2.21. The molecule has 0 amide bonds. The summed E-state index contributed by atoms with van der Waals surface area (Å²) in [6.07, 6.45) is 0. The van der Waals surface area contributed by atoms with Gasteiger partial charge in [0.2, 0.25) is 0 Å². The van der Waals surface area contributed by atoms with Crippen LogP contribution in [0.4, 0.5) is 0 Å². The monoisotopic (exact) mass is 734 g/mol. The summed E-state index contributed by atoms with van der Waals surface area (Å²) in [5.41, 5.74) is 14.7. The molecule has 0 bridgehead atoms. The largest absolute Gasteiger partial charge is 0.0622 e. The first kappa shape index (κ1) is 33.8. The van der Waals surface area contributed by atoms with Crippen LogP contribution in [0.15, 0.2) is 231 Å². The Kier molecular flexibility index (Phi) is 8.26. The molecule has 0 aliphatic rings.